The highest BCUT2D eigenvalue weighted by molar-refractivity contribution is 6.01. The van der Waals surface area contributed by atoms with Crippen molar-refractivity contribution >= 4 is 29.1 Å². The highest BCUT2D eigenvalue weighted by Gasteiger charge is 2.36. The lowest BCUT2D eigenvalue weighted by atomic mass is 9.87. The summed E-state index contributed by atoms with van der Waals surface area (Å²) in [7, 11) is 0. The third-order valence-electron chi connectivity index (χ3n) is 5.66. The summed E-state index contributed by atoms with van der Waals surface area (Å²) in [5.41, 5.74) is 3.81. The van der Waals surface area contributed by atoms with Crippen LogP contribution in [0.3, 0.4) is 0 Å². The maximum atomic E-state index is 12.9. The Morgan fingerprint density at radius 2 is 1.93 bits per heavy atom. The largest absolute Gasteiger partial charge is 0.349 e. The van der Waals surface area contributed by atoms with E-state index in [0.717, 1.165) is 19.3 Å². The summed E-state index contributed by atoms with van der Waals surface area (Å²) in [5.74, 6) is -0.685. The van der Waals surface area contributed by atoms with Crippen molar-refractivity contribution in [2.24, 2.45) is 5.92 Å². The molecule has 0 saturated carbocycles. The minimum atomic E-state index is -0.374. The van der Waals surface area contributed by atoms with E-state index in [1.54, 1.807) is 23.1 Å². The highest BCUT2D eigenvalue weighted by atomic mass is 16.2. The third-order valence-corrected chi connectivity index (χ3v) is 5.66. The fraction of sp³-hybridized carbons (Fsp3) is 0.348. The van der Waals surface area contributed by atoms with Crippen LogP contribution >= 0.6 is 0 Å². The summed E-state index contributed by atoms with van der Waals surface area (Å²) in [6, 6.07) is 15.4. The predicted molar refractivity (Wildman–Crippen MR) is 111 cm³/mol. The molecule has 2 N–H and O–H groups in total. The van der Waals surface area contributed by atoms with E-state index in [2.05, 4.69) is 22.8 Å². The van der Waals surface area contributed by atoms with Crippen molar-refractivity contribution in [1.82, 2.24) is 5.32 Å². The van der Waals surface area contributed by atoms with Gasteiger partial charge in [0.1, 0.15) is 0 Å². The second kappa shape index (κ2) is 8.07. The van der Waals surface area contributed by atoms with Crippen LogP contribution in [0.4, 0.5) is 11.4 Å². The van der Waals surface area contributed by atoms with E-state index in [0.29, 0.717) is 17.9 Å². The Hall–Kier alpha value is -3.15. The maximum absolute atomic E-state index is 12.9. The van der Waals surface area contributed by atoms with E-state index in [1.165, 1.54) is 18.1 Å². The van der Waals surface area contributed by atoms with E-state index < -0.39 is 0 Å². The minimum Gasteiger partial charge on any atom is -0.349 e. The van der Waals surface area contributed by atoms with Crippen LogP contribution in [0.5, 0.6) is 0 Å². The van der Waals surface area contributed by atoms with Crippen LogP contribution in [0.25, 0.3) is 0 Å². The first-order valence-electron chi connectivity index (χ1n) is 10.1. The number of aryl methyl sites for hydroxylation is 1. The lowest BCUT2D eigenvalue weighted by molar-refractivity contribution is -0.127. The number of hydrogen-bond acceptors (Lipinski definition) is 3. The molecule has 2 aliphatic rings. The Kier molecular flexibility index (Phi) is 5.34. The third kappa shape index (κ3) is 4.16. The van der Waals surface area contributed by atoms with Gasteiger partial charge in [-0.15, -0.1) is 0 Å². The topological polar surface area (TPSA) is 78.5 Å². The van der Waals surface area contributed by atoms with E-state index in [4.69, 9.17) is 0 Å². The molecule has 29 heavy (non-hydrogen) atoms. The van der Waals surface area contributed by atoms with Crippen LogP contribution in [0.15, 0.2) is 48.5 Å². The highest BCUT2D eigenvalue weighted by Crippen LogP contribution is 2.31. The molecule has 150 valence electrons. The normalized spacial score (nSPS) is 20.9. The fourth-order valence-corrected chi connectivity index (χ4v) is 4.28. The van der Waals surface area contributed by atoms with Crippen molar-refractivity contribution < 1.29 is 14.4 Å². The number of rotatable bonds is 4. The molecule has 2 aromatic rings. The number of carbonyl (C=O) groups is 3. The molecule has 4 rings (SSSR count). The monoisotopic (exact) mass is 391 g/mol. The molecule has 2 atom stereocenters. The van der Waals surface area contributed by atoms with Gasteiger partial charge in [0, 0.05) is 31.3 Å². The molecule has 1 saturated heterocycles. The number of carbonyl (C=O) groups excluding carboxylic acids is 3. The van der Waals surface area contributed by atoms with Crippen LogP contribution in [0.1, 0.15) is 43.4 Å². The quantitative estimate of drug-likeness (QED) is 0.840. The molecule has 6 heteroatoms. The summed E-state index contributed by atoms with van der Waals surface area (Å²) in [4.78, 5) is 38.4. The van der Waals surface area contributed by atoms with Gasteiger partial charge >= 0.3 is 0 Å². The zero-order valence-electron chi connectivity index (χ0n) is 16.5. The fourth-order valence-electron chi connectivity index (χ4n) is 4.28. The van der Waals surface area contributed by atoms with Crippen LogP contribution in [0, 0.1) is 5.92 Å². The summed E-state index contributed by atoms with van der Waals surface area (Å²) in [5, 5.41) is 5.90. The number of fused-ring (bicyclic) bond motifs is 1. The first-order chi connectivity index (χ1) is 14.0. The van der Waals surface area contributed by atoms with Gasteiger partial charge in [0.2, 0.25) is 17.7 Å². The van der Waals surface area contributed by atoms with Gasteiger partial charge in [-0.3, -0.25) is 14.4 Å². The Bertz CT molecular complexity index is 956. The zero-order valence-corrected chi connectivity index (χ0v) is 16.5. The Morgan fingerprint density at radius 1 is 1.10 bits per heavy atom. The molecular weight excluding hydrogens is 366 g/mol. The van der Waals surface area contributed by atoms with Crippen molar-refractivity contribution in [3.63, 3.8) is 0 Å². The van der Waals surface area contributed by atoms with Gasteiger partial charge in [-0.05, 0) is 48.6 Å². The van der Waals surface area contributed by atoms with E-state index in [-0.39, 0.29) is 36.1 Å². The summed E-state index contributed by atoms with van der Waals surface area (Å²) < 4.78 is 0. The summed E-state index contributed by atoms with van der Waals surface area (Å²) >= 11 is 0. The number of anilines is 2. The van der Waals surface area contributed by atoms with Crippen molar-refractivity contribution in [1.29, 1.82) is 0 Å². The molecule has 1 aliphatic carbocycles. The van der Waals surface area contributed by atoms with Crippen molar-refractivity contribution in [2.75, 3.05) is 16.8 Å². The van der Waals surface area contributed by atoms with Crippen molar-refractivity contribution in [3.8, 4) is 0 Å². The number of amides is 3. The Balaban J connectivity index is 1.44. The van der Waals surface area contributed by atoms with Gasteiger partial charge in [0.25, 0.3) is 0 Å². The van der Waals surface area contributed by atoms with E-state index in [1.807, 2.05) is 18.2 Å². The molecule has 1 heterocycles. The molecule has 2 aromatic carbocycles. The molecular formula is C23H25N3O3. The van der Waals surface area contributed by atoms with Gasteiger partial charge in [0.15, 0.2) is 0 Å². The second-order valence-corrected chi connectivity index (χ2v) is 7.79. The first kappa shape index (κ1) is 19.2. The van der Waals surface area contributed by atoms with Crippen LogP contribution in [0.2, 0.25) is 0 Å². The van der Waals surface area contributed by atoms with Gasteiger partial charge in [0.05, 0.1) is 12.0 Å². The Morgan fingerprint density at radius 3 is 2.76 bits per heavy atom. The smallest absolute Gasteiger partial charge is 0.227 e. The molecule has 6 nitrogen and oxygen atoms in total. The van der Waals surface area contributed by atoms with Crippen LogP contribution in [-0.2, 0) is 20.8 Å². The van der Waals surface area contributed by atoms with Crippen molar-refractivity contribution in [3.05, 3.63) is 59.7 Å². The zero-order chi connectivity index (χ0) is 20.4. The van der Waals surface area contributed by atoms with Gasteiger partial charge in [-0.2, -0.15) is 0 Å². The molecule has 0 spiro atoms. The average Bonchev–Trinajstić information content (AvgIpc) is 3.10. The number of hydrogen-bond donors (Lipinski definition) is 2. The molecule has 0 radical (unpaired) electrons. The number of nitrogens with zero attached hydrogens (tertiary/aromatic N) is 1. The van der Waals surface area contributed by atoms with Gasteiger partial charge < -0.3 is 15.5 Å². The average molecular weight is 391 g/mol. The predicted octanol–water partition coefficient (Wildman–Crippen LogP) is 3.19. The molecule has 1 fully saturated rings. The number of nitrogens with one attached hydrogen (secondary N) is 2. The number of benzene rings is 2. The first-order valence-corrected chi connectivity index (χ1v) is 10.1. The van der Waals surface area contributed by atoms with Crippen LogP contribution < -0.4 is 15.5 Å². The standard InChI is InChI=1S/C23H25N3O3/c1-15(27)24-18-8-5-9-19(13-18)26-14-17(12-22(26)28)23(29)25-21-11-4-7-16-6-2-3-10-20(16)21/h2-3,5-6,8-10,13,17,21H,4,7,11-12,14H2,1H3,(H,24,27)(H,25,29)/t17-,21-/m1/s1. The summed E-state index contributed by atoms with van der Waals surface area (Å²) in [6.45, 7) is 1.79. The van der Waals surface area contributed by atoms with Crippen molar-refractivity contribution in [2.45, 2.75) is 38.6 Å². The van der Waals surface area contributed by atoms with E-state index in [9.17, 15) is 14.4 Å². The maximum Gasteiger partial charge on any atom is 0.227 e. The molecule has 1 aliphatic heterocycles. The second-order valence-electron chi connectivity index (χ2n) is 7.79. The minimum absolute atomic E-state index is 0.0136. The lowest BCUT2D eigenvalue weighted by Gasteiger charge is -2.27. The summed E-state index contributed by atoms with van der Waals surface area (Å²) in [6.07, 6.45) is 3.22. The van der Waals surface area contributed by atoms with Gasteiger partial charge in [-0.1, -0.05) is 30.3 Å². The SMILES string of the molecule is CC(=O)Nc1cccc(N2C[C@H](C(=O)N[C@@H]3CCCc4ccccc43)CC2=O)c1. The van der Waals surface area contributed by atoms with Crippen LogP contribution in [-0.4, -0.2) is 24.3 Å². The van der Waals surface area contributed by atoms with E-state index >= 15 is 0 Å². The Labute approximate surface area is 170 Å². The molecule has 0 unspecified atom stereocenters. The van der Waals surface area contributed by atoms with Gasteiger partial charge in [-0.25, -0.2) is 0 Å². The molecule has 3 amide bonds. The molecule has 0 aromatic heterocycles. The lowest BCUT2D eigenvalue weighted by Crippen LogP contribution is -2.36. The molecule has 0 bridgehead atoms.